The topological polar surface area (TPSA) is 85.1 Å². The highest BCUT2D eigenvalue weighted by Gasteiger charge is 2.16. The van der Waals surface area contributed by atoms with Crippen molar-refractivity contribution in [1.29, 1.82) is 0 Å². The number of thiazole rings is 1. The molecule has 7 heteroatoms. The van der Waals surface area contributed by atoms with Crippen molar-refractivity contribution in [2.24, 2.45) is 0 Å². The molecule has 6 nitrogen and oxygen atoms in total. The average Bonchev–Trinajstić information content (AvgIpc) is 2.95. The van der Waals surface area contributed by atoms with Crippen LogP contribution in [0.15, 0.2) is 42.5 Å². The van der Waals surface area contributed by atoms with Crippen molar-refractivity contribution in [2.45, 2.75) is 19.8 Å². The summed E-state index contributed by atoms with van der Waals surface area (Å²) in [6.45, 7) is 2.08. The molecule has 122 valence electrons. The molecule has 1 N–H and O–H groups in total. The molecule has 3 rings (SSSR count). The summed E-state index contributed by atoms with van der Waals surface area (Å²) in [7, 11) is 0. The smallest absolute Gasteiger partial charge is 0.273 e. The van der Waals surface area contributed by atoms with Crippen LogP contribution in [0, 0.1) is 10.1 Å². The minimum Gasteiger partial charge on any atom is -0.302 e. The van der Waals surface area contributed by atoms with Gasteiger partial charge in [-0.15, -0.1) is 0 Å². The van der Waals surface area contributed by atoms with E-state index >= 15 is 0 Å². The van der Waals surface area contributed by atoms with Crippen LogP contribution in [0.5, 0.6) is 0 Å². The number of aromatic nitrogens is 1. The van der Waals surface area contributed by atoms with Gasteiger partial charge in [-0.05, 0) is 24.1 Å². The molecular formula is C17H15N3O3S. The lowest BCUT2D eigenvalue weighted by atomic mass is 10.1. The predicted molar refractivity (Wildman–Crippen MR) is 94.4 cm³/mol. The Morgan fingerprint density at radius 1 is 1.29 bits per heavy atom. The standard InChI is InChI=1S/C17H15N3O3S/c1-2-11-7-8-13-15(9-11)24-17(18-13)19-16(21)10-12-5-3-4-6-14(12)20(22)23/h3-9H,2,10H2,1H3,(H,18,19,21). The van der Waals surface area contributed by atoms with Crippen LogP contribution in [0.3, 0.4) is 0 Å². The molecule has 24 heavy (non-hydrogen) atoms. The number of aryl methyl sites for hydroxylation is 1. The highest BCUT2D eigenvalue weighted by Crippen LogP contribution is 2.27. The first-order chi connectivity index (χ1) is 11.6. The van der Waals surface area contributed by atoms with Crippen LogP contribution in [-0.4, -0.2) is 15.8 Å². The quantitative estimate of drug-likeness (QED) is 0.562. The van der Waals surface area contributed by atoms with Gasteiger partial charge in [-0.3, -0.25) is 14.9 Å². The second kappa shape index (κ2) is 6.76. The zero-order valence-corrected chi connectivity index (χ0v) is 13.8. The van der Waals surface area contributed by atoms with Crippen LogP contribution in [0.4, 0.5) is 10.8 Å². The van der Waals surface area contributed by atoms with E-state index in [0.717, 1.165) is 16.6 Å². The number of hydrogen-bond acceptors (Lipinski definition) is 5. The summed E-state index contributed by atoms with van der Waals surface area (Å²) in [5.74, 6) is -0.320. The van der Waals surface area contributed by atoms with Gasteiger partial charge in [0.1, 0.15) is 0 Å². The van der Waals surface area contributed by atoms with Gasteiger partial charge in [0.05, 0.1) is 21.6 Å². The molecule has 0 bridgehead atoms. The summed E-state index contributed by atoms with van der Waals surface area (Å²) < 4.78 is 1.01. The van der Waals surface area contributed by atoms with Crippen molar-refractivity contribution in [1.82, 2.24) is 4.98 Å². The molecule has 0 saturated carbocycles. The van der Waals surface area contributed by atoms with E-state index in [-0.39, 0.29) is 18.0 Å². The Morgan fingerprint density at radius 2 is 2.08 bits per heavy atom. The second-order valence-electron chi connectivity index (χ2n) is 5.29. The molecule has 0 radical (unpaired) electrons. The number of nitro groups is 1. The molecule has 0 atom stereocenters. The van der Waals surface area contributed by atoms with E-state index in [9.17, 15) is 14.9 Å². The first-order valence-corrected chi connectivity index (χ1v) is 8.30. The van der Waals surface area contributed by atoms with Crippen LogP contribution in [0.1, 0.15) is 18.1 Å². The molecule has 0 aliphatic rings. The number of amides is 1. The summed E-state index contributed by atoms with van der Waals surface area (Å²) in [6.07, 6.45) is 0.875. The van der Waals surface area contributed by atoms with Crippen LogP contribution >= 0.6 is 11.3 Å². The number of carbonyl (C=O) groups is 1. The number of rotatable bonds is 5. The lowest BCUT2D eigenvalue weighted by Crippen LogP contribution is -2.15. The van der Waals surface area contributed by atoms with Crippen molar-refractivity contribution in [3.05, 3.63) is 63.7 Å². The number of nitro benzene ring substituents is 1. The molecular weight excluding hydrogens is 326 g/mol. The molecule has 0 unspecified atom stereocenters. The van der Waals surface area contributed by atoms with E-state index in [4.69, 9.17) is 0 Å². The minimum absolute atomic E-state index is 0.0514. The maximum absolute atomic E-state index is 12.2. The lowest BCUT2D eigenvalue weighted by Gasteiger charge is -2.02. The first-order valence-electron chi connectivity index (χ1n) is 7.48. The Bertz CT molecular complexity index is 920. The Kier molecular flexibility index (Phi) is 4.52. The molecule has 0 saturated heterocycles. The SMILES string of the molecule is CCc1ccc2nc(NC(=O)Cc3ccccc3[N+](=O)[O-])sc2c1. The van der Waals surface area contributed by atoms with E-state index in [1.165, 1.54) is 23.0 Å². The number of nitrogens with one attached hydrogen (secondary N) is 1. The maximum atomic E-state index is 12.2. The molecule has 0 aliphatic heterocycles. The van der Waals surface area contributed by atoms with Gasteiger partial charge in [0.15, 0.2) is 5.13 Å². The summed E-state index contributed by atoms with van der Waals surface area (Å²) >= 11 is 1.40. The van der Waals surface area contributed by atoms with Crippen molar-refractivity contribution in [3.63, 3.8) is 0 Å². The van der Waals surface area contributed by atoms with E-state index < -0.39 is 4.92 Å². The van der Waals surface area contributed by atoms with Gasteiger partial charge in [0.2, 0.25) is 5.91 Å². The first kappa shape index (κ1) is 16.1. The van der Waals surface area contributed by atoms with Gasteiger partial charge in [0, 0.05) is 11.6 Å². The third-order valence-electron chi connectivity index (χ3n) is 3.65. The molecule has 1 amide bonds. The Balaban J connectivity index is 1.77. The summed E-state index contributed by atoms with van der Waals surface area (Å²) in [5.41, 5.74) is 2.38. The summed E-state index contributed by atoms with van der Waals surface area (Å²) in [4.78, 5) is 27.1. The minimum atomic E-state index is -0.480. The molecule has 1 aromatic heterocycles. The molecule has 1 heterocycles. The van der Waals surface area contributed by atoms with Crippen molar-refractivity contribution < 1.29 is 9.72 Å². The van der Waals surface area contributed by atoms with Crippen LogP contribution < -0.4 is 5.32 Å². The van der Waals surface area contributed by atoms with Crippen LogP contribution in [-0.2, 0) is 17.6 Å². The zero-order valence-electron chi connectivity index (χ0n) is 13.0. The van der Waals surface area contributed by atoms with Gasteiger partial charge >= 0.3 is 0 Å². The Morgan fingerprint density at radius 3 is 2.83 bits per heavy atom. The van der Waals surface area contributed by atoms with E-state index in [1.54, 1.807) is 18.2 Å². The lowest BCUT2D eigenvalue weighted by molar-refractivity contribution is -0.385. The third-order valence-corrected chi connectivity index (χ3v) is 4.58. The number of para-hydroxylation sites is 1. The summed E-state index contributed by atoms with van der Waals surface area (Å²) in [6, 6.07) is 12.3. The van der Waals surface area contributed by atoms with E-state index in [0.29, 0.717) is 10.7 Å². The Hall–Kier alpha value is -2.80. The molecule has 2 aromatic carbocycles. The van der Waals surface area contributed by atoms with E-state index in [1.807, 2.05) is 12.1 Å². The van der Waals surface area contributed by atoms with Crippen molar-refractivity contribution in [3.8, 4) is 0 Å². The van der Waals surface area contributed by atoms with Crippen molar-refractivity contribution in [2.75, 3.05) is 5.32 Å². The van der Waals surface area contributed by atoms with Gasteiger partial charge in [0.25, 0.3) is 5.69 Å². The third kappa shape index (κ3) is 3.41. The number of benzene rings is 2. The fraction of sp³-hybridized carbons (Fsp3) is 0.176. The average molecular weight is 341 g/mol. The molecule has 3 aromatic rings. The zero-order chi connectivity index (χ0) is 17.1. The monoisotopic (exact) mass is 341 g/mol. The number of fused-ring (bicyclic) bond motifs is 1. The van der Waals surface area contributed by atoms with Crippen LogP contribution in [0.2, 0.25) is 0 Å². The van der Waals surface area contributed by atoms with Crippen molar-refractivity contribution >= 4 is 38.3 Å². The highest BCUT2D eigenvalue weighted by molar-refractivity contribution is 7.22. The maximum Gasteiger partial charge on any atom is 0.273 e. The summed E-state index contributed by atoms with van der Waals surface area (Å²) in [5, 5.41) is 14.2. The van der Waals surface area contributed by atoms with E-state index in [2.05, 4.69) is 23.3 Å². The largest absolute Gasteiger partial charge is 0.302 e. The van der Waals surface area contributed by atoms with Gasteiger partial charge < -0.3 is 5.32 Å². The predicted octanol–water partition coefficient (Wildman–Crippen LogP) is 3.95. The normalized spacial score (nSPS) is 10.7. The van der Waals surface area contributed by atoms with Gasteiger partial charge in [-0.1, -0.05) is 42.5 Å². The number of carbonyl (C=O) groups excluding carboxylic acids is 1. The highest BCUT2D eigenvalue weighted by atomic mass is 32.1. The fourth-order valence-electron chi connectivity index (χ4n) is 2.42. The number of hydrogen-bond donors (Lipinski definition) is 1. The second-order valence-corrected chi connectivity index (χ2v) is 6.32. The number of anilines is 1. The fourth-order valence-corrected chi connectivity index (χ4v) is 3.36. The molecule has 0 fully saturated rings. The number of nitrogens with zero attached hydrogens (tertiary/aromatic N) is 2. The van der Waals surface area contributed by atoms with Gasteiger partial charge in [-0.25, -0.2) is 4.98 Å². The Labute approximate surface area is 142 Å². The molecule has 0 aliphatic carbocycles. The molecule has 0 spiro atoms. The van der Waals surface area contributed by atoms with Crippen LogP contribution in [0.25, 0.3) is 10.2 Å². The van der Waals surface area contributed by atoms with Gasteiger partial charge in [-0.2, -0.15) is 0 Å².